The van der Waals surface area contributed by atoms with E-state index in [0.29, 0.717) is 17.5 Å². The number of halogens is 3. The van der Waals surface area contributed by atoms with E-state index in [1.807, 2.05) is 19.1 Å². The van der Waals surface area contributed by atoms with Gasteiger partial charge in [-0.05, 0) is 43.7 Å². The molecule has 0 spiro atoms. The van der Waals surface area contributed by atoms with Crippen LogP contribution in [0.4, 0.5) is 18.9 Å². The molecule has 0 bridgehead atoms. The Kier molecular flexibility index (Phi) is 6.49. The van der Waals surface area contributed by atoms with Crippen LogP contribution in [0.15, 0.2) is 59.2 Å². The van der Waals surface area contributed by atoms with Gasteiger partial charge in [-0.1, -0.05) is 19.1 Å². The molecule has 1 aliphatic heterocycles. The Morgan fingerprint density at radius 3 is 2.55 bits per heavy atom. The van der Waals surface area contributed by atoms with Crippen molar-refractivity contribution in [3.8, 4) is 17.6 Å². The molecule has 1 heterocycles. The number of nitrogens with zero attached hydrogens (tertiary/aromatic N) is 2. The second-order valence-corrected chi connectivity index (χ2v) is 7.84. The molecule has 2 aromatic rings. The first-order valence-electron chi connectivity index (χ1n) is 10.00. The largest absolute Gasteiger partial charge is 0.493 e. The average Bonchev–Trinajstić information content (AvgIpc) is 2.76. The third-order valence-electron chi connectivity index (χ3n) is 5.67. The Morgan fingerprint density at radius 1 is 1.21 bits per heavy atom. The molecule has 1 aliphatic rings. The molecule has 0 fully saturated rings. The minimum Gasteiger partial charge on any atom is -0.493 e. The predicted octanol–water partition coefficient (Wildman–Crippen LogP) is 5.39. The number of carbonyl (C=O) groups excluding carboxylic acids is 1. The van der Waals surface area contributed by atoms with Crippen molar-refractivity contribution in [2.75, 3.05) is 12.4 Å². The van der Waals surface area contributed by atoms with Gasteiger partial charge in [0, 0.05) is 23.9 Å². The van der Waals surface area contributed by atoms with Crippen LogP contribution in [0.2, 0.25) is 0 Å². The summed E-state index contributed by atoms with van der Waals surface area (Å²) in [5.74, 6) is -1.95. The van der Waals surface area contributed by atoms with Gasteiger partial charge in [-0.3, -0.25) is 4.79 Å². The smallest absolute Gasteiger partial charge is 0.414 e. The normalized spacial score (nSPS) is 20.2. The van der Waals surface area contributed by atoms with Gasteiger partial charge in [0.05, 0.1) is 24.3 Å². The maximum absolute atomic E-state index is 13.7. The van der Waals surface area contributed by atoms with Gasteiger partial charge in [-0.25, -0.2) is 4.99 Å². The lowest BCUT2D eigenvalue weighted by molar-refractivity contribution is -0.127. The number of hydrogen-bond acceptors (Lipinski definition) is 5. The summed E-state index contributed by atoms with van der Waals surface area (Å²) >= 11 is 0. The van der Waals surface area contributed by atoms with Gasteiger partial charge in [0.25, 0.3) is 0 Å². The Morgan fingerprint density at radius 2 is 1.94 bits per heavy atom. The Labute approximate surface area is 189 Å². The van der Waals surface area contributed by atoms with Gasteiger partial charge in [0.2, 0.25) is 11.8 Å². The van der Waals surface area contributed by atoms with Crippen molar-refractivity contribution in [3.05, 3.63) is 65.4 Å². The first-order valence-corrected chi connectivity index (χ1v) is 10.00. The number of aryl methyl sites for hydroxylation is 1. The van der Waals surface area contributed by atoms with Crippen LogP contribution in [0, 0.1) is 29.6 Å². The zero-order valence-corrected chi connectivity index (χ0v) is 18.4. The van der Waals surface area contributed by atoms with Crippen LogP contribution in [-0.2, 0) is 4.79 Å². The van der Waals surface area contributed by atoms with Crippen LogP contribution >= 0.6 is 0 Å². The van der Waals surface area contributed by atoms with Gasteiger partial charge in [0.15, 0.2) is 11.5 Å². The lowest BCUT2D eigenvalue weighted by Gasteiger charge is -2.38. The number of rotatable bonds is 4. The number of amides is 1. The molecule has 2 atom stereocenters. The molecule has 172 valence electrons. The van der Waals surface area contributed by atoms with E-state index in [-0.39, 0.29) is 17.4 Å². The molecular formula is C24H22F3N3O3. The predicted molar refractivity (Wildman–Crippen MR) is 117 cm³/mol. The van der Waals surface area contributed by atoms with E-state index in [2.05, 4.69) is 10.3 Å². The fraction of sp³-hybridized carbons (Fsp3) is 0.292. The zero-order valence-electron chi connectivity index (χ0n) is 18.4. The van der Waals surface area contributed by atoms with Crippen LogP contribution in [0.1, 0.15) is 25.0 Å². The minimum absolute atomic E-state index is 0.112. The second-order valence-electron chi connectivity index (χ2n) is 7.84. The molecule has 9 heteroatoms. The monoisotopic (exact) mass is 457 g/mol. The summed E-state index contributed by atoms with van der Waals surface area (Å²) in [6, 6.07) is 13.2. The zero-order chi connectivity index (χ0) is 24.4. The number of nitrogens with one attached hydrogen (secondary N) is 1. The average molecular weight is 457 g/mol. The van der Waals surface area contributed by atoms with Crippen LogP contribution in [0.5, 0.6) is 11.5 Å². The van der Waals surface area contributed by atoms with E-state index in [4.69, 9.17) is 14.7 Å². The fourth-order valence-corrected chi connectivity index (χ4v) is 3.52. The molecule has 0 saturated heterocycles. The van der Waals surface area contributed by atoms with E-state index in [0.717, 1.165) is 5.56 Å². The van der Waals surface area contributed by atoms with Gasteiger partial charge in [0.1, 0.15) is 5.41 Å². The first-order chi connectivity index (χ1) is 15.5. The number of methoxy groups -OCH3 is 1. The number of alkyl halides is 3. The van der Waals surface area contributed by atoms with Crippen molar-refractivity contribution in [1.82, 2.24) is 0 Å². The highest BCUT2D eigenvalue weighted by Gasteiger charge is 2.54. The van der Waals surface area contributed by atoms with E-state index in [1.165, 1.54) is 39.2 Å². The van der Waals surface area contributed by atoms with Crippen molar-refractivity contribution >= 4 is 17.5 Å². The molecule has 6 nitrogen and oxygen atoms in total. The van der Waals surface area contributed by atoms with Crippen LogP contribution in [0.25, 0.3) is 0 Å². The molecule has 0 radical (unpaired) electrons. The maximum Gasteiger partial charge on any atom is 0.414 e. The van der Waals surface area contributed by atoms with Crippen molar-refractivity contribution in [2.24, 2.45) is 16.3 Å². The molecule has 1 N–H and O–H groups in total. The molecule has 0 saturated carbocycles. The quantitative estimate of drug-likeness (QED) is 0.667. The Bertz CT molecular complexity index is 1180. The second kappa shape index (κ2) is 8.98. The van der Waals surface area contributed by atoms with E-state index in [1.54, 1.807) is 18.2 Å². The van der Waals surface area contributed by atoms with E-state index in [9.17, 15) is 18.0 Å². The number of anilines is 1. The number of benzene rings is 2. The third kappa shape index (κ3) is 4.70. The molecule has 2 aromatic carbocycles. The summed E-state index contributed by atoms with van der Waals surface area (Å²) in [6.45, 7) is 4.50. The number of nitriles is 1. The van der Waals surface area contributed by atoms with Crippen LogP contribution in [-0.4, -0.2) is 25.1 Å². The highest BCUT2D eigenvalue weighted by atomic mass is 19.4. The number of ether oxygens (including phenoxy) is 2. The number of allylic oxidation sites excluding steroid dienone is 1. The number of carbonyl (C=O) groups is 1. The van der Waals surface area contributed by atoms with Crippen molar-refractivity contribution in [1.29, 1.82) is 5.26 Å². The van der Waals surface area contributed by atoms with Crippen LogP contribution in [0.3, 0.4) is 0 Å². The van der Waals surface area contributed by atoms with E-state index < -0.39 is 29.0 Å². The van der Waals surface area contributed by atoms with E-state index >= 15 is 0 Å². The van der Waals surface area contributed by atoms with Crippen molar-refractivity contribution in [2.45, 2.75) is 26.9 Å². The van der Waals surface area contributed by atoms with Gasteiger partial charge >= 0.3 is 6.18 Å². The summed E-state index contributed by atoms with van der Waals surface area (Å²) in [5, 5.41) is 11.8. The molecule has 1 amide bonds. The highest BCUT2D eigenvalue weighted by molar-refractivity contribution is 6.12. The summed E-state index contributed by atoms with van der Waals surface area (Å²) < 4.78 is 52.1. The minimum atomic E-state index is -4.68. The van der Waals surface area contributed by atoms with Gasteiger partial charge in [-0.15, -0.1) is 0 Å². The molecular weight excluding hydrogens is 435 g/mol. The Balaban J connectivity index is 2.06. The highest BCUT2D eigenvalue weighted by Crippen LogP contribution is 2.46. The van der Waals surface area contributed by atoms with Crippen molar-refractivity contribution in [3.63, 3.8) is 0 Å². The standard InChI is InChI=1S/C24H22F3N3O3/c1-14-6-5-7-17(10-14)30-21(31)23(3)15(2)18(24(25,26)27)13-29-22(23)33-19-9-8-16(12-28)11-20(19)32-4/h5-11,13,15H,1-4H3,(H,30,31). The summed E-state index contributed by atoms with van der Waals surface area (Å²) in [5.41, 5.74) is -1.13. The third-order valence-corrected chi connectivity index (χ3v) is 5.67. The first kappa shape index (κ1) is 23.9. The molecule has 3 rings (SSSR count). The lowest BCUT2D eigenvalue weighted by Crippen LogP contribution is -2.51. The SMILES string of the molecule is COc1cc(C#N)ccc1OC1=NC=C(C(F)(F)F)C(C)C1(C)C(=O)Nc1cccc(C)c1. The van der Waals surface area contributed by atoms with Gasteiger partial charge < -0.3 is 14.8 Å². The molecule has 0 aliphatic carbocycles. The maximum atomic E-state index is 13.7. The van der Waals surface area contributed by atoms with Crippen molar-refractivity contribution < 1.29 is 27.4 Å². The summed E-state index contributed by atoms with van der Waals surface area (Å²) in [4.78, 5) is 17.3. The lowest BCUT2D eigenvalue weighted by atomic mass is 9.71. The fourth-order valence-electron chi connectivity index (χ4n) is 3.52. The van der Waals surface area contributed by atoms with Crippen LogP contribution < -0.4 is 14.8 Å². The number of aliphatic imine (C=N–C) groups is 1. The summed E-state index contributed by atoms with van der Waals surface area (Å²) in [7, 11) is 1.36. The number of hydrogen-bond donors (Lipinski definition) is 1. The molecule has 33 heavy (non-hydrogen) atoms. The Hall–Kier alpha value is -3.80. The topological polar surface area (TPSA) is 83.7 Å². The molecule has 2 unspecified atom stereocenters. The molecule has 0 aromatic heterocycles. The summed E-state index contributed by atoms with van der Waals surface area (Å²) in [6.07, 6.45) is -4.00. The van der Waals surface area contributed by atoms with Gasteiger partial charge in [-0.2, -0.15) is 18.4 Å².